The molecule has 206 valence electrons. The molecule has 5 rings (SSSR count). The normalized spacial score (nSPS) is 16.6. The maximum Gasteiger partial charge on any atom is 0.274 e. The number of aryl methyl sites for hydroxylation is 2. The summed E-state index contributed by atoms with van der Waals surface area (Å²) < 4.78 is 31.1. The Morgan fingerprint density at radius 3 is 2.58 bits per heavy atom. The first kappa shape index (κ1) is 27.5. The maximum atomic E-state index is 16.2. The van der Waals surface area contributed by atoms with E-state index in [1.54, 1.807) is 40.0 Å². The van der Waals surface area contributed by atoms with Crippen molar-refractivity contribution in [1.29, 1.82) is 0 Å². The van der Waals surface area contributed by atoms with E-state index in [-0.39, 0.29) is 45.7 Å². The number of pyridine rings is 3. The lowest BCUT2D eigenvalue weighted by Gasteiger charge is -2.24. The molecule has 1 fully saturated rings. The summed E-state index contributed by atoms with van der Waals surface area (Å²) in [6, 6.07) is 4.73. The van der Waals surface area contributed by atoms with Crippen LogP contribution in [0.3, 0.4) is 0 Å². The summed E-state index contributed by atoms with van der Waals surface area (Å²) in [5.41, 5.74) is 0.968. The molecule has 8 nitrogen and oxygen atoms in total. The predicted octanol–water partition coefficient (Wildman–Crippen LogP) is 5.28. The Hall–Kier alpha value is -4.05. The van der Waals surface area contributed by atoms with Crippen molar-refractivity contribution in [2.24, 2.45) is 0 Å². The number of carbonyl (C=O) groups excluding carboxylic acids is 1. The Labute approximate surface area is 234 Å². The highest BCUT2D eigenvalue weighted by molar-refractivity contribution is 6.31. The van der Waals surface area contributed by atoms with Crippen LogP contribution in [0.1, 0.15) is 67.2 Å². The largest absolute Gasteiger partial charge is 0.344 e. The number of amides is 1. The van der Waals surface area contributed by atoms with Crippen molar-refractivity contribution in [3.8, 4) is 17.1 Å². The highest BCUT2D eigenvalue weighted by Crippen LogP contribution is 2.55. The van der Waals surface area contributed by atoms with Gasteiger partial charge in [-0.3, -0.25) is 24.1 Å². The quantitative estimate of drug-likeness (QED) is 0.342. The molecule has 1 N–H and O–H groups in total. The zero-order chi connectivity index (χ0) is 28.9. The Bertz CT molecular complexity index is 1720. The monoisotopic (exact) mass is 564 g/mol. The summed E-state index contributed by atoms with van der Waals surface area (Å²) >= 11 is 6.60. The van der Waals surface area contributed by atoms with Gasteiger partial charge in [-0.25, -0.2) is 18.7 Å². The van der Waals surface area contributed by atoms with E-state index in [9.17, 15) is 14.0 Å². The van der Waals surface area contributed by atoms with E-state index in [0.717, 1.165) is 11.8 Å². The fourth-order valence-corrected chi connectivity index (χ4v) is 5.41. The molecular weight excluding hydrogens is 538 g/mol. The molecule has 0 unspecified atom stereocenters. The van der Waals surface area contributed by atoms with Gasteiger partial charge < -0.3 is 5.32 Å². The SMILES string of the molecule is CC(=O)NC(C)(C)c1nccc(-c2ncc(C)c(-n3c(C)cc([C@H]4C[C@@H]4c4cncc(F)c4)c(Cl)c3=O)c2F)n1. The molecule has 0 aromatic carbocycles. The third kappa shape index (κ3) is 4.99. The van der Waals surface area contributed by atoms with Crippen LogP contribution < -0.4 is 10.9 Å². The van der Waals surface area contributed by atoms with Crippen LogP contribution in [0.2, 0.25) is 5.02 Å². The Morgan fingerprint density at radius 1 is 1.12 bits per heavy atom. The second kappa shape index (κ2) is 10.2. The smallest absolute Gasteiger partial charge is 0.274 e. The molecule has 2 atom stereocenters. The van der Waals surface area contributed by atoms with E-state index >= 15 is 4.39 Å². The standard InChI is InChI=1S/C29H27ClF2N6O2/c1-14-11-35-25(22-6-7-34-28(36-22)29(4,5)37-16(3)39)24(32)26(14)38-15(2)8-21(23(30)27(38)40)20-10-19(20)17-9-18(31)13-33-12-17/h6-9,11-13,19-20H,10H2,1-5H3,(H,37,39)/t19-,20+/m1/s1. The number of nitrogens with one attached hydrogen (secondary N) is 1. The van der Waals surface area contributed by atoms with E-state index in [1.165, 1.54) is 36.0 Å². The Balaban J connectivity index is 1.56. The minimum atomic E-state index is -0.912. The number of nitrogens with zero attached hydrogens (tertiary/aromatic N) is 5. The second-order valence-corrected chi connectivity index (χ2v) is 11.0. The molecule has 11 heteroatoms. The van der Waals surface area contributed by atoms with Gasteiger partial charge in [-0.2, -0.15) is 0 Å². The van der Waals surface area contributed by atoms with Crippen LogP contribution in [0.25, 0.3) is 17.1 Å². The first-order valence-electron chi connectivity index (χ1n) is 12.7. The van der Waals surface area contributed by atoms with Gasteiger partial charge in [-0.15, -0.1) is 0 Å². The summed E-state index contributed by atoms with van der Waals surface area (Å²) in [6.07, 6.45) is 6.39. The van der Waals surface area contributed by atoms with Gasteiger partial charge in [0, 0.05) is 31.2 Å². The summed E-state index contributed by atoms with van der Waals surface area (Å²) in [4.78, 5) is 42.1. The lowest BCUT2D eigenvalue weighted by molar-refractivity contribution is -0.120. The van der Waals surface area contributed by atoms with Crippen LogP contribution in [0.15, 0.2) is 47.8 Å². The second-order valence-electron chi connectivity index (χ2n) is 10.6. The number of aromatic nitrogens is 5. The van der Waals surface area contributed by atoms with Crippen molar-refractivity contribution in [1.82, 2.24) is 29.8 Å². The number of carbonyl (C=O) groups is 1. The summed E-state index contributed by atoms with van der Waals surface area (Å²) in [5, 5.41) is 2.76. The lowest BCUT2D eigenvalue weighted by Crippen LogP contribution is -2.41. The molecule has 0 saturated heterocycles. The predicted molar refractivity (Wildman–Crippen MR) is 146 cm³/mol. The average molecular weight is 565 g/mol. The van der Waals surface area contributed by atoms with E-state index in [2.05, 4.69) is 25.3 Å². The van der Waals surface area contributed by atoms with Gasteiger partial charge in [0.05, 0.1) is 23.1 Å². The van der Waals surface area contributed by atoms with Crippen LogP contribution in [-0.2, 0) is 10.3 Å². The number of hydrogen-bond acceptors (Lipinski definition) is 6. The number of hydrogen-bond donors (Lipinski definition) is 1. The van der Waals surface area contributed by atoms with Gasteiger partial charge in [-0.05, 0) is 80.8 Å². The highest BCUT2D eigenvalue weighted by atomic mass is 35.5. The summed E-state index contributed by atoms with van der Waals surface area (Å²) in [6.45, 7) is 8.22. The fraction of sp³-hybridized carbons (Fsp3) is 0.310. The molecule has 4 aromatic heterocycles. The molecule has 0 spiro atoms. The van der Waals surface area contributed by atoms with Crippen molar-refractivity contribution in [3.63, 3.8) is 0 Å². The van der Waals surface area contributed by atoms with Gasteiger partial charge in [-0.1, -0.05) is 11.6 Å². The van der Waals surface area contributed by atoms with Gasteiger partial charge in [0.25, 0.3) is 5.56 Å². The average Bonchev–Trinajstić information content (AvgIpc) is 3.68. The third-order valence-corrected chi connectivity index (χ3v) is 7.43. The summed E-state index contributed by atoms with van der Waals surface area (Å²) in [7, 11) is 0. The number of rotatable bonds is 6. The van der Waals surface area contributed by atoms with Gasteiger partial charge >= 0.3 is 0 Å². The van der Waals surface area contributed by atoms with E-state index in [0.29, 0.717) is 23.2 Å². The molecule has 1 amide bonds. The molecule has 4 heterocycles. The lowest BCUT2D eigenvalue weighted by atomic mass is 10.0. The Kier molecular flexibility index (Phi) is 6.99. The van der Waals surface area contributed by atoms with Crippen LogP contribution in [0, 0.1) is 25.5 Å². The van der Waals surface area contributed by atoms with E-state index in [4.69, 9.17) is 11.6 Å². The highest BCUT2D eigenvalue weighted by Gasteiger charge is 2.42. The summed E-state index contributed by atoms with van der Waals surface area (Å²) in [5.74, 6) is -1.23. The van der Waals surface area contributed by atoms with Crippen LogP contribution in [0.4, 0.5) is 8.78 Å². The third-order valence-electron chi connectivity index (χ3n) is 7.05. The topological polar surface area (TPSA) is 103 Å². The zero-order valence-corrected chi connectivity index (χ0v) is 23.3. The van der Waals surface area contributed by atoms with Crippen LogP contribution in [-0.4, -0.2) is 30.4 Å². The maximum absolute atomic E-state index is 16.2. The fourth-order valence-electron chi connectivity index (χ4n) is 5.13. The van der Waals surface area contributed by atoms with Crippen molar-refractivity contribution in [3.05, 3.63) is 98.2 Å². The first-order chi connectivity index (χ1) is 18.9. The first-order valence-corrected chi connectivity index (χ1v) is 13.1. The molecular formula is C29H27ClF2N6O2. The van der Waals surface area contributed by atoms with Crippen LogP contribution >= 0.6 is 11.6 Å². The number of halogens is 3. The minimum absolute atomic E-state index is 0.00458. The molecule has 0 bridgehead atoms. The Morgan fingerprint density at radius 2 is 1.88 bits per heavy atom. The van der Waals surface area contributed by atoms with Crippen molar-refractivity contribution < 1.29 is 13.6 Å². The molecule has 0 radical (unpaired) electrons. The molecule has 1 aliphatic carbocycles. The molecule has 4 aromatic rings. The molecule has 40 heavy (non-hydrogen) atoms. The van der Waals surface area contributed by atoms with Gasteiger partial charge in [0.15, 0.2) is 11.6 Å². The minimum Gasteiger partial charge on any atom is -0.344 e. The molecule has 0 aliphatic heterocycles. The zero-order valence-electron chi connectivity index (χ0n) is 22.6. The molecule has 1 aliphatic rings. The molecule has 1 saturated carbocycles. The van der Waals surface area contributed by atoms with E-state index < -0.39 is 22.7 Å². The van der Waals surface area contributed by atoms with Crippen LogP contribution in [0.5, 0.6) is 0 Å². The van der Waals surface area contributed by atoms with Crippen molar-refractivity contribution in [2.75, 3.05) is 0 Å². The van der Waals surface area contributed by atoms with Crippen molar-refractivity contribution >= 4 is 17.5 Å². The van der Waals surface area contributed by atoms with Crippen molar-refractivity contribution in [2.45, 2.75) is 58.4 Å². The van der Waals surface area contributed by atoms with E-state index in [1.807, 2.05) is 0 Å². The van der Waals surface area contributed by atoms with Gasteiger partial charge in [0.2, 0.25) is 5.91 Å². The van der Waals surface area contributed by atoms with Gasteiger partial charge in [0.1, 0.15) is 16.5 Å².